The highest BCUT2D eigenvalue weighted by molar-refractivity contribution is 6.35. The van der Waals surface area contributed by atoms with Gasteiger partial charge in [0.2, 0.25) is 0 Å². The molecular weight excluding hydrogens is 286 g/mol. The van der Waals surface area contributed by atoms with Crippen LogP contribution in [-0.2, 0) is 6.54 Å². The summed E-state index contributed by atoms with van der Waals surface area (Å²) in [6.07, 6.45) is 6.15. The summed E-state index contributed by atoms with van der Waals surface area (Å²) in [6.45, 7) is 1.36. The molecule has 21 heavy (non-hydrogen) atoms. The maximum Gasteiger partial charge on any atom is 0.161 e. The van der Waals surface area contributed by atoms with Crippen molar-refractivity contribution in [3.05, 3.63) is 35.7 Å². The quantitative estimate of drug-likeness (QED) is 0.806. The van der Waals surface area contributed by atoms with Crippen LogP contribution in [0.1, 0.15) is 18.9 Å². The molecule has 2 N–H and O–H groups in total. The number of halogens is 1. The highest BCUT2D eigenvalue weighted by Crippen LogP contribution is 2.42. The van der Waals surface area contributed by atoms with Crippen LogP contribution in [0.2, 0.25) is 5.02 Å². The van der Waals surface area contributed by atoms with Gasteiger partial charge in [0.05, 0.1) is 22.4 Å². The van der Waals surface area contributed by atoms with Crippen LogP contribution in [0, 0.1) is 0 Å². The third-order valence-electron chi connectivity index (χ3n) is 3.82. The van der Waals surface area contributed by atoms with Gasteiger partial charge in [0.25, 0.3) is 0 Å². The fourth-order valence-corrected chi connectivity index (χ4v) is 2.98. The summed E-state index contributed by atoms with van der Waals surface area (Å²) in [6, 6.07) is 6.34. The van der Waals surface area contributed by atoms with Gasteiger partial charge in [-0.25, -0.2) is 9.97 Å². The first-order chi connectivity index (χ1) is 10.3. The van der Waals surface area contributed by atoms with Crippen LogP contribution in [0.4, 0.5) is 0 Å². The van der Waals surface area contributed by atoms with Crippen molar-refractivity contribution in [2.75, 3.05) is 6.54 Å². The van der Waals surface area contributed by atoms with E-state index in [4.69, 9.17) is 22.3 Å². The number of para-hydroxylation sites is 1. The van der Waals surface area contributed by atoms with Gasteiger partial charge >= 0.3 is 0 Å². The van der Waals surface area contributed by atoms with E-state index in [1.165, 1.54) is 12.8 Å². The number of hydrogen-bond donors (Lipinski definition) is 1. The number of nitrogens with zero attached hydrogens (tertiary/aromatic N) is 4. The van der Waals surface area contributed by atoms with E-state index in [1.54, 1.807) is 6.33 Å². The van der Waals surface area contributed by atoms with Crippen molar-refractivity contribution in [3.8, 4) is 11.5 Å². The van der Waals surface area contributed by atoms with E-state index in [1.807, 2.05) is 29.0 Å². The van der Waals surface area contributed by atoms with Gasteiger partial charge in [0, 0.05) is 25.3 Å². The second-order valence-corrected chi connectivity index (χ2v) is 5.84. The molecule has 0 bridgehead atoms. The summed E-state index contributed by atoms with van der Waals surface area (Å²) in [7, 11) is 0. The molecule has 0 aliphatic heterocycles. The molecule has 108 valence electrons. The Hall–Kier alpha value is -1.85. The molecule has 2 heterocycles. The van der Waals surface area contributed by atoms with E-state index in [9.17, 15) is 0 Å². The maximum absolute atomic E-state index is 6.39. The van der Waals surface area contributed by atoms with Gasteiger partial charge in [-0.1, -0.05) is 17.7 Å². The first-order valence-electron chi connectivity index (χ1n) is 7.16. The molecule has 0 spiro atoms. The summed E-state index contributed by atoms with van der Waals surface area (Å²) < 4.78 is 4.24. The van der Waals surface area contributed by atoms with E-state index < -0.39 is 0 Å². The Bertz CT molecular complexity index is 800. The van der Waals surface area contributed by atoms with Gasteiger partial charge in [-0.3, -0.25) is 0 Å². The summed E-state index contributed by atoms with van der Waals surface area (Å²) in [5.41, 5.74) is 8.42. The Labute approximate surface area is 127 Å². The van der Waals surface area contributed by atoms with Gasteiger partial charge < -0.3 is 14.9 Å². The average molecular weight is 302 g/mol. The molecule has 1 aromatic carbocycles. The molecule has 6 heteroatoms. The zero-order valence-electron chi connectivity index (χ0n) is 11.5. The molecule has 0 radical (unpaired) electrons. The number of imidazole rings is 2. The lowest BCUT2D eigenvalue weighted by atomic mass is 10.3. The minimum atomic E-state index is 0.490. The van der Waals surface area contributed by atoms with Crippen LogP contribution in [0.25, 0.3) is 22.6 Å². The molecular formula is C15H16ClN5. The fourth-order valence-electron chi connectivity index (χ4n) is 2.72. The number of fused-ring (bicyclic) bond motifs is 1. The van der Waals surface area contributed by atoms with Crippen molar-refractivity contribution >= 4 is 22.6 Å². The fraction of sp³-hybridized carbons (Fsp3) is 0.333. The second-order valence-electron chi connectivity index (χ2n) is 5.43. The largest absolute Gasteiger partial charge is 0.335 e. The summed E-state index contributed by atoms with van der Waals surface area (Å²) in [5, 5.41) is 0.750. The van der Waals surface area contributed by atoms with E-state index >= 15 is 0 Å². The van der Waals surface area contributed by atoms with Crippen LogP contribution in [0.15, 0.2) is 30.7 Å². The predicted molar refractivity (Wildman–Crippen MR) is 83.3 cm³/mol. The summed E-state index contributed by atoms with van der Waals surface area (Å²) in [4.78, 5) is 9.23. The first kappa shape index (κ1) is 12.9. The molecule has 0 atom stereocenters. The highest BCUT2D eigenvalue weighted by atomic mass is 35.5. The first-order valence-corrected chi connectivity index (χ1v) is 7.54. The topological polar surface area (TPSA) is 61.7 Å². The Balaban J connectivity index is 1.91. The lowest BCUT2D eigenvalue weighted by Crippen LogP contribution is -2.07. The Kier molecular flexibility index (Phi) is 2.97. The predicted octanol–water partition coefficient (Wildman–Crippen LogP) is 2.85. The van der Waals surface area contributed by atoms with Crippen molar-refractivity contribution in [3.63, 3.8) is 0 Å². The van der Waals surface area contributed by atoms with Crippen molar-refractivity contribution in [1.29, 1.82) is 0 Å². The molecule has 5 nitrogen and oxygen atoms in total. The van der Waals surface area contributed by atoms with Crippen LogP contribution in [0.5, 0.6) is 0 Å². The van der Waals surface area contributed by atoms with Gasteiger partial charge in [-0.05, 0) is 25.0 Å². The SMILES string of the molecule is NCCn1cnc(-c2nc3cccc(Cl)c3n2C2CC2)c1. The lowest BCUT2D eigenvalue weighted by molar-refractivity contribution is 0.707. The number of benzene rings is 1. The van der Waals surface area contributed by atoms with Gasteiger partial charge in [0.1, 0.15) is 5.69 Å². The molecule has 0 saturated heterocycles. The van der Waals surface area contributed by atoms with Crippen LogP contribution in [-0.4, -0.2) is 25.6 Å². The third kappa shape index (κ3) is 2.13. The van der Waals surface area contributed by atoms with E-state index in [2.05, 4.69) is 9.55 Å². The normalized spacial score (nSPS) is 15.0. The number of hydrogen-bond acceptors (Lipinski definition) is 3. The molecule has 1 aliphatic carbocycles. The zero-order valence-corrected chi connectivity index (χ0v) is 12.3. The van der Waals surface area contributed by atoms with Crippen molar-refractivity contribution in [1.82, 2.24) is 19.1 Å². The van der Waals surface area contributed by atoms with Crippen LogP contribution < -0.4 is 5.73 Å². The molecule has 0 unspecified atom stereocenters. The smallest absolute Gasteiger partial charge is 0.161 e. The van der Waals surface area contributed by atoms with Crippen molar-refractivity contribution in [2.24, 2.45) is 5.73 Å². The Morgan fingerprint density at radius 2 is 2.19 bits per heavy atom. The van der Waals surface area contributed by atoms with Crippen LogP contribution in [0.3, 0.4) is 0 Å². The minimum Gasteiger partial charge on any atom is -0.335 e. The molecule has 3 aromatic rings. The molecule has 0 amide bonds. The maximum atomic E-state index is 6.39. The standard InChI is InChI=1S/C15H16ClN5/c16-11-2-1-3-12-14(11)21(10-4-5-10)15(19-12)13-8-20(7-6-17)9-18-13/h1-3,8-10H,4-7,17H2. The summed E-state index contributed by atoms with van der Waals surface area (Å²) in [5.74, 6) is 0.899. The molecule has 1 fully saturated rings. The molecule has 4 rings (SSSR count). The average Bonchev–Trinajstić information content (AvgIpc) is 3.07. The molecule has 1 saturated carbocycles. The van der Waals surface area contributed by atoms with Crippen molar-refractivity contribution in [2.45, 2.75) is 25.4 Å². The Morgan fingerprint density at radius 1 is 1.33 bits per heavy atom. The van der Waals surface area contributed by atoms with Gasteiger partial charge in [0.15, 0.2) is 5.82 Å². The third-order valence-corrected chi connectivity index (χ3v) is 4.13. The number of nitrogens with two attached hydrogens (primary N) is 1. The number of rotatable bonds is 4. The second kappa shape index (κ2) is 4.86. The highest BCUT2D eigenvalue weighted by Gasteiger charge is 2.30. The van der Waals surface area contributed by atoms with Gasteiger partial charge in [-0.15, -0.1) is 0 Å². The molecule has 1 aliphatic rings. The summed E-state index contributed by atoms with van der Waals surface area (Å²) >= 11 is 6.39. The lowest BCUT2D eigenvalue weighted by Gasteiger charge is -2.06. The Morgan fingerprint density at radius 3 is 2.95 bits per heavy atom. The van der Waals surface area contributed by atoms with Crippen molar-refractivity contribution < 1.29 is 0 Å². The van der Waals surface area contributed by atoms with E-state index in [0.717, 1.165) is 34.1 Å². The van der Waals surface area contributed by atoms with Gasteiger partial charge in [-0.2, -0.15) is 0 Å². The van der Waals surface area contributed by atoms with E-state index in [-0.39, 0.29) is 0 Å². The monoisotopic (exact) mass is 301 g/mol. The van der Waals surface area contributed by atoms with E-state index in [0.29, 0.717) is 12.6 Å². The minimum absolute atomic E-state index is 0.490. The number of aromatic nitrogens is 4. The molecule has 2 aromatic heterocycles. The zero-order chi connectivity index (χ0) is 14.4. The van der Waals surface area contributed by atoms with Crippen LogP contribution >= 0.6 is 11.6 Å².